The van der Waals surface area contributed by atoms with E-state index in [2.05, 4.69) is 15.7 Å². The van der Waals surface area contributed by atoms with E-state index in [4.69, 9.17) is 4.74 Å². The van der Waals surface area contributed by atoms with Crippen molar-refractivity contribution < 1.29 is 13.9 Å². The molecule has 0 spiro atoms. The first-order valence-corrected chi connectivity index (χ1v) is 8.24. The molecule has 4 rings (SSSR count). The van der Waals surface area contributed by atoms with Crippen LogP contribution in [0.3, 0.4) is 0 Å². The number of benzene rings is 1. The Bertz CT molecular complexity index is 757. The third-order valence-electron chi connectivity index (χ3n) is 4.35. The summed E-state index contributed by atoms with van der Waals surface area (Å²) >= 11 is 0. The smallest absolute Gasteiger partial charge is 0.320 e. The summed E-state index contributed by atoms with van der Waals surface area (Å²) in [6, 6.07) is 5.98. The lowest BCUT2D eigenvalue weighted by Crippen LogP contribution is -2.33. The quantitative estimate of drug-likeness (QED) is 0.906. The van der Waals surface area contributed by atoms with Gasteiger partial charge in [0.25, 0.3) is 0 Å². The molecule has 2 N–H and O–H groups in total. The SMILES string of the molecule is O=C(Nc1ccnn1C1CC1)NC1CCCOc2ccc(F)cc21. The molecule has 1 aromatic heterocycles. The zero-order chi connectivity index (χ0) is 16.5. The molecular formula is C17H19FN4O2. The van der Waals surface area contributed by atoms with Crippen molar-refractivity contribution >= 4 is 11.8 Å². The molecule has 6 nitrogen and oxygen atoms in total. The average Bonchev–Trinajstić information content (AvgIpc) is 3.33. The second kappa shape index (κ2) is 6.14. The monoisotopic (exact) mass is 330 g/mol. The number of rotatable bonds is 3. The van der Waals surface area contributed by atoms with Crippen LogP contribution in [0.25, 0.3) is 0 Å². The van der Waals surface area contributed by atoms with Crippen molar-refractivity contribution in [2.75, 3.05) is 11.9 Å². The lowest BCUT2D eigenvalue weighted by Gasteiger charge is -2.19. The number of fused-ring (bicyclic) bond motifs is 1. The van der Waals surface area contributed by atoms with Crippen LogP contribution < -0.4 is 15.4 Å². The van der Waals surface area contributed by atoms with Gasteiger partial charge in [0, 0.05) is 11.6 Å². The molecule has 0 bridgehead atoms. The molecule has 1 aliphatic carbocycles. The number of aromatic nitrogens is 2. The molecule has 2 aromatic rings. The van der Waals surface area contributed by atoms with E-state index in [1.54, 1.807) is 18.3 Å². The van der Waals surface area contributed by atoms with Gasteiger partial charge in [-0.15, -0.1) is 0 Å². The molecule has 126 valence electrons. The molecule has 0 radical (unpaired) electrons. The van der Waals surface area contributed by atoms with Gasteiger partial charge in [-0.1, -0.05) is 0 Å². The van der Waals surface area contributed by atoms with Crippen LogP contribution >= 0.6 is 0 Å². The van der Waals surface area contributed by atoms with Gasteiger partial charge in [0.1, 0.15) is 17.4 Å². The maximum atomic E-state index is 13.6. The summed E-state index contributed by atoms with van der Waals surface area (Å²) in [6.45, 7) is 0.562. The van der Waals surface area contributed by atoms with Crippen molar-refractivity contribution in [3.63, 3.8) is 0 Å². The van der Waals surface area contributed by atoms with Crippen LogP contribution in [0.2, 0.25) is 0 Å². The summed E-state index contributed by atoms with van der Waals surface area (Å²) < 4.78 is 21.1. The lowest BCUT2D eigenvalue weighted by atomic mass is 10.0. The molecule has 2 amide bonds. The number of hydrogen-bond donors (Lipinski definition) is 2. The van der Waals surface area contributed by atoms with Crippen molar-refractivity contribution in [2.24, 2.45) is 0 Å². The van der Waals surface area contributed by atoms with Crippen LogP contribution in [0.1, 0.15) is 43.3 Å². The number of ether oxygens (including phenoxy) is 1. The predicted octanol–water partition coefficient (Wildman–Crippen LogP) is 3.39. The fourth-order valence-electron chi connectivity index (χ4n) is 3.03. The van der Waals surface area contributed by atoms with E-state index < -0.39 is 0 Å². The summed E-state index contributed by atoms with van der Waals surface area (Å²) in [7, 11) is 0. The van der Waals surface area contributed by atoms with Gasteiger partial charge in [-0.05, 0) is 43.9 Å². The summed E-state index contributed by atoms with van der Waals surface area (Å²) in [5.41, 5.74) is 0.679. The summed E-state index contributed by atoms with van der Waals surface area (Å²) in [5, 5.41) is 10.0. The average molecular weight is 330 g/mol. The van der Waals surface area contributed by atoms with Gasteiger partial charge in [0.2, 0.25) is 0 Å². The molecule has 2 aliphatic rings. The van der Waals surface area contributed by atoms with Crippen LogP contribution in [0.4, 0.5) is 15.0 Å². The van der Waals surface area contributed by atoms with E-state index in [1.165, 1.54) is 12.1 Å². The minimum absolute atomic E-state index is 0.282. The Balaban J connectivity index is 1.49. The molecule has 24 heavy (non-hydrogen) atoms. The zero-order valence-electron chi connectivity index (χ0n) is 13.2. The number of nitrogens with one attached hydrogen (secondary N) is 2. The molecule has 1 atom stereocenters. The van der Waals surface area contributed by atoms with Gasteiger partial charge in [-0.3, -0.25) is 5.32 Å². The van der Waals surface area contributed by atoms with Crippen LogP contribution in [0, 0.1) is 5.82 Å². The highest BCUT2D eigenvalue weighted by Gasteiger charge is 2.27. The Morgan fingerprint density at radius 2 is 2.17 bits per heavy atom. The highest BCUT2D eigenvalue weighted by molar-refractivity contribution is 5.88. The molecule has 0 saturated heterocycles. The summed E-state index contributed by atoms with van der Waals surface area (Å²) in [4.78, 5) is 12.4. The number of anilines is 1. The number of carbonyl (C=O) groups is 1. The Morgan fingerprint density at radius 3 is 3.00 bits per heavy atom. The fourth-order valence-corrected chi connectivity index (χ4v) is 3.03. The Kier molecular flexibility index (Phi) is 3.84. The van der Waals surface area contributed by atoms with Crippen LogP contribution in [0.5, 0.6) is 5.75 Å². The predicted molar refractivity (Wildman–Crippen MR) is 86.5 cm³/mol. The molecule has 1 aliphatic heterocycles. The van der Waals surface area contributed by atoms with E-state index in [0.717, 1.165) is 19.3 Å². The largest absolute Gasteiger partial charge is 0.493 e. The van der Waals surface area contributed by atoms with Crippen LogP contribution in [-0.2, 0) is 0 Å². The minimum Gasteiger partial charge on any atom is -0.493 e. The Morgan fingerprint density at radius 1 is 1.29 bits per heavy atom. The highest BCUT2D eigenvalue weighted by Crippen LogP contribution is 2.36. The standard InChI is InChI=1S/C17H19FN4O2/c18-11-3-6-15-13(10-11)14(2-1-9-24-15)20-17(23)21-16-7-8-19-22(16)12-4-5-12/h3,6-8,10,12,14H,1-2,4-5,9H2,(H2,20,21,23). The zero-order valence-corrected chi connectivity index (χ0v) is 13.2. The van der Waals surface area contributed by atoms with E-state index >= 15 is 0 Å². The first kappa shape index (κ1) is 15.0. The van der Waals surface area contributed by atoms with Gasteiger partial charge in [0.05, 0.1) is 24.9 Å². The second-order valence-corrected chi connectivity index (χ2v) is 6.22. The normalized spacial score (nSPS) is 19.8. The fraction of sp³-hybridized carbons (Fsp3) is 0.412. The minimum atomic E-state index is -0.335. The van der Waals surface area contributed by atoms with Crippen molar-refractivity contribution in [1.29, 1.82) is 0 Å². The van der Waals surface area contributed by atoms with Crippen LogP contribution in [-0.4, -0.2) is 22.4 Å². The first-order valence-electron chi connectivity index (χ1n) is 8.24. The van der Waals surface area contributed by atoms with Crippen molar-refractivity contribution in [1.82, 2.24) is 15.1 Å². The molecule has 1 unspecified atom stereocenters. The second-order valence-electron chi connectivity index (χ2n) is 6.22. The van der Waals surface area contributed by atoms with Crippen LogP contribution in [0.15, 0.2) is 30.5 Å². The van der Waals surface area contributed by atoms with Gasteiger partial charge >= 0.3 is 6.03 Å². The van der Waals surface area contributed by atoms with Crippen molar-refractivity contribution in [3.05, 3.63) is 41.8 Å². The van der Waals surface area contributed by atoms with E-state index in [-0.39, 0.29) is 17.9 Å². The summed E-state index contributed by atoms with van der Waals surface area (Å²) in [5.74, 6) is 0.972. The number of nitrogens with zero attached hydrogens (tertiary/aromatic N) is 2. The molecule has 1 fully saturated rings. The van der Waals surface area contributed by atoms with Crippen molar-refractivity contribution in [2.45, 2.75) is 37.8 Å². The molecule has 1 saturated carbocycles. The van der Waals surface area contributed by atoms with E-state index in [9.17, 15) is 9.18 Å². The topological polar surface area (TPSA) is 68.2 Å². The Labute approximate surface area is 139 Å². The maximum Gasteiger partial charge on any atom is 0.320 e. The highest BCUT2D eigenvalue weighted by atomic mass is 19.1. The first-order chi connectivity index (χ1) is 11.7. The van der Waals surface area contributed by atoms with Gasteiger partial charge in [0.15, 0.2) is 0 Å². The number of hydrogen-bond acceptors (Lipinski definition) is 3. The lowest BCUT2D eigenvalue weighted by molar-refractivity contribution is 0.247. The number of carbonyl (C=O) groups excluding carboxylic acids is 1. The molecule has 1 aromatic carbocycles. The Hall–Kier alpha value is -2.57. The van der Waals surface area contributed by atoms with Crippen molar-refractivity contribution in [3.8, 4) is 5.75 Å². The molecule has 2 heterocycles. The van der Waals surface area contributed by atoms with Gasteiger partial charge in [-0.2, -0.15) is 5.10 Å². The number of amides is 2. The molecule has 7 heteroatoms. The summed E-state index contributed by atoms with van der Waals surface area (Å²) in [6.07, 6.45) is 5.35. The maximum absolute atomic E-state index is 13.6. The van der Waals surface area contributed by atoms with Gasteiger partial charge in [-0.25, -0.2) is 13.9 Å². The van der Waals surface area contributed by atoms with E-state index in [0.29, 0.717) is 36.2 Å². The third kappa shape index (κ3) is 3.06. The molecular weight excluding hydrogens is 311 g/mol. The third-order valence-corrected chi connectivity index (χ3v) is 4.35. The number of halogens is 1. The number of urea groups is 1. The van der Waals surface area contributed by atoms with E-state index in [1.807, 2.05) is 4.68 Å². The van der Waals surface area contributed by atoms with Gasteiger partial charge < -0.3 is 10.1 Å².